The van der Waals surface area contributed by atoms with Crippen LogP contribution in [-0.2, 0) is 0 Å². The molecule has 0 aliphatic heterocycles. The van der Waals surface area contributed by atoms with Crippen LogP contribution in [0.4, 0.5) is 11.4 Å². The number of aromatic amines is 1. The molecule has 4 N–H and O–H groups in total. The number of nitrogens with one attached hydrogen (secondary N) is 2. The number of H-pyrrole nitrogens is 1. The number of carbonyl (C=O) groups is 1. The molecule has 0 fully saturated rings. The molecule has 0 spiro atoms. The number of carbonyl (C=O) groups excluding carboxylic acids is 1. The first-order chi connectivity index (χ1) is 8.99. The lowest BCUT2D eigenvalue weighted by Crippen LogP contribution is -2.14. The molecule has 1 aromatic carbocycles. The number of anilines is 2. The fourth-order valence-corrected chi connectivity index (χ4v) is 2.28. The predicted octanol–water partition coefficient (Wildman–Crippen LogP) is 2.97. The van der Waals surface area contributed by atoms with Crippen LogP contribution in [0, 0.1) is 3.57 Å². The highest BCUT2D eigenvalue weighted by atomic mass is 127. The van der Waals surface area contributed by atoms with Crippen molar-refractivity contribution in [3.8, 4) is 0 Å². The van der Waals surface area contributed by atoms with Gasteiger partial charge in [-0.2, -0.15) is 5.10 Å². The van der Waals surface area contributed by atoms with E-state index < -0.39 is 0 Å². The molecule has 0 bridgehead atoms. The van der Waals surface area contributed by atoms with E-state index in [2.05, 4.69) is 38.1 Å². The minimum atomic E-state index is -0.303. The van der Waals surface area contributed by atoms with Gasteiger partial charge in [-0.05, 0) is 46.7 Å². The topological polar surface area (TPSA) is 83.8 Å². The van der Waals surface area contributed by atoms with Gasteiger partial charge in [-0.3, -0.25) is 9.89 Å². The zero-order valence-electron chi connectivity index (χ0n) is 10.7. The first-order valence-corrected chi connectivity index (χ1v) is 6.97. The summed E-state index contributed by atoms with van der Waals surface area (Å²) >= 11 is 2.19. The van der Waals surface area contributed by atoms with Gasteiger partial charge in [-0.15, -0.1) is 0 Å². The summed E-state index contributed by atoms with van der Waals surface area (Å²) in [6, 6.07) is 7.54. The van der Waals surface area contributed by atoms with Crippen LogP contribution in [0.5, 0.6) is 0 Å². The second kappa shape index (κ2) is 5.60. The summed E-state index contributed by atoms with van der Waals surface area (Å²) in [5.74, 6) is -0.102. The van der Waals surface area contributed by atoms with Gasteiger partial charge >= 0.3 is 0 Å². The maximum Gasteiger partial charge on any atom is 0.278 e. The van der Waals surface area contributed by atoms with E-state index in [1.54, 1.807) is 0 Å². The van der Waals surface area contributed by atoms with E-state index in [0.29, 0.717) is 5.69 Å². The van der Waals surface area contributed by atoms with Crippen molar-refractivity contribution in [3.05, 3.63) is 39.2 Å². The Bertz CT molecular complexity index is 606. The molecule has 0 saturated carbocycles. The second-order valence-corrected chi connectivity index (χ2v) is 5.76. The van der Waals surface area contributed by atoms with E-state index in [9.17, 15) is 4.79 Å². The maximum atomic E-state index is 12.1. The fourth-order valence-electron chi connectivity index (χ4n) is 1.73. The van der Waals surface area contributed by atoms with E-state index >= 15 is 0 Å². The molecule has 19 heavy (non-hydrogen) atoms. The molecule has 100 valence electrons. The molecule has 1 aromatic heterocycles. The van der Waals surface area contributed by atoms with E-state index in [1.807, 2.05) is 38.1 Å². The van der Waals surface area contributed by atoms with Crippen molar-refractivity contribution >= 4 is 39.9 Å². The number of nitrogens with zero attached hydrogens (tertiary/aromatic N) is 1. The molecule has 0 radical (unpaired) electrons. The molecule has 2 rings (SSSR count). The Balaban J connectivity index is 2.21. The molecule has 0 aliphatic carbocycles. The smallest absolute Gasteiger partial charge is 0.278 e. The number of halogens is 1. The summed E-state index contributed by atoms with van der Waals surface area (Å²) in [7, 11) is 0. The van der Waals surface area contributed by atoms with E-state index in [0.717, 1.165) is 15.0 Å². The van der Waals surface area contributed by atoms with Gasteiger partial charge in [-0.25, -0.2) is 0 Å². The molecule has 0 unspecified atom stereocenters. The van der Waals surface area contributed by atoms with Crippen molar-refractivity contribution in [1.29, 1.82) is 0 Å². The van der Waals surface area contributed by atoms with E-state index in [-0.39, 0.29) is 17.5 Å². The number of amides is 1. The summed E-state index contributed by atoms with van der Waals surface area (Å²) in [4.78, 5) is 12.1. The van der Waals surface area contributed by atoms with Crippen LogP contribution in [0.2, 0.25) is 0 Å². The summed E-state index contributed by atoms with van der Waals surface area (Å²) in [6.45, 7) is 3.98. The maximum absolute atomic E-state index is 12.1. The van der Waals surface area contributed by atoms with Gasteiger partial charge in [0.25, 0.3) is 5.91 Å². The minimum absolute atomic E-state index is 0.201. The Morgan fingerprint density at radius 2 is 2.21 bits per heavy atom. The predicted molar refractivity (Wildman–Crippen MR) is 84.2 cm³/mol. The molecular weight excluding hydrogens is 355 g/mol. The third-order valence-electron chi connectivity index (χ3n) is 2.71. The molecule has 1 heterocycles. The Hall–Kier alpha value is -1.57. The van der Waals surface area contributed by atoms with Crippen molar-refractivity contribution in [2.45, 2.75) is 19.8 Å². The van der Waals surface area contributed by atoms with E-state index in [4.69, 9.17) is 5.73 Å². The third kappa shape index (κ3) is 3.06. The van der Waals surface area contributed by atoms with Crippen molar-refractivity contribution in [1.82, 2.24) is 10.2 Å². The van der Waals surface area contributed by atoms with Gasteiger partial charge in [0.15, 0.2) is 5.69 Å². The molecular formula is C13H15IN4O. The van der Waals surface area contributed by atoms with Gasteiger partial charge in [0.05, 0.1) is 11.4 Å². The Morgan fingerprint density at radius 3 is 2.79 bits per heavy atom. The average molecular weight is 370 g/mol. The number of rotatable bonds is 3. The van der Waals surface area contributed by atoms with Crippen LogP contribution in [0.3, 0.4) is 0 Å². The first kappa shape index (κ1) is 13.9. The van der Waals surface area contributed by atoms with Crippen LogP contribution < -0.4 is 11.1 Å². The Labute approximate surface area is 125 Å². The number of nitrogens with two attached hydrogens (primary N) is 1. The van der Waals surface area contributed by atoms with Crippen molar-refractivity contribution in [2.75, 3.05) is 11.1 Å². The van der Waals surface area contributed by atoms with Crippen LogP contribution in [-0.4, -0.2) is 16.1 Å². The van der Waals surface area contributed by atoms with Gasteiger partial charge in [-0.1, -0.05) is 19.9 Å². The largest absolute Gasteiger partial charge is 0.395 e. The molecule has 5 nitrogen and oxygen atoms in total. The quantitative estimate of drug-likeness (QED) is 0.727. The van der Waals surface area contributed by atoms with Crippen LogP contribution in [0.1, 0.15) is 35.9 Å². The summed E-state index contributed by atoms with van der Waals surface area (Å²) in [5, 5.41) is 9.59. The molecule has 0 atom stereocenters. The molecule has 6 heteroatoms. The molecule has 0 aliphatic rings. The lowest BCUT2D eigenvalue weighted by atomic mass is 10.1. The van der Waals surface area contributed by atoms with Gasteiger partial charge in [0.2, 0.25) is 0 Å². The summed E-state index contributed by atoms with van der Waals surface area (Å²) in [6.07, 6.45) is 0. The number of aromatic nitrogens is 2. The summed E-state index contributed by atoms with van der Waals surface area (Å²) in [5.41, 5.74) is 8.10. The number of hydrogen-bond donors (Lipinski definition) is 3. The molecule has 1 amide bonds. The first-order valence-electron chi connectivity index (χ1n) is 5.89. The molecule has 0 saturated heterocycles. The lowest BCUT2D eigenvalue weighted by molar-refractivity contribution is 0.102. The Kier molecular flexibility index (Phi) is 4.08. The average Bonchev–Trinajstić information content (AvgIpc) is 2.71. The minimum Gasteiger partial charge on any atom is -0.395 e. The lowest BCUT2D eigenvalue weighted by Gasteiger charge is -2.05. The highest BCUT2D eigenvalue weighted by Crippen LogP contribution is 2.23. The standard InChI is InChI=1S/C13H15IN4O/c1-7(2)11-10(15)12(18-17-11)13(19)16-9-5-3-4-8(14)6-9/h3-7H,15H2,1-2H3,(H,16,19)(H,17,18). The zero-order valence-corrected chi connectivity index (χ0v) is 12.9. The number of benzene rings is 1. The van der Waals surface area contributed by atoms with Crippen molar-refractivity contribution in [2.24, 2.45) is 0 Å². The molecule has 2 aromatic rings. The van der Waals surface area contributed by atoms with E-state index in [1.165, 1.54) is 0 Å². The third-order valence-corrected chi connectivity index (χ3v) is 3.38. The van der Waals surface area contributed by atoms with Crippen molar-refractivity contribution < 1.29 is 4.79 Å². The van der Waals surface area contributed by atoms with Crippen molar-refractivity contribution in [3.63, 3.8) is 0 Å². The van der Waals surface area contributed by atoms with Gasteiger partial charge in [0, 0.05) is 9.26 Å². The highest BCUT2D eigenvalue weighted by molar-refractivity contribution is 14.1. The SMILES string of the molecule is CC(C)c1[nH]nc(C(=O)Nc2cccc(I)c2)c1N. The van der Waals surface area contributed by atoms with Crippen LogP contribution in [0.15, 0.2) is 24.3 Å². The van der Waals surface area contributed by atoms with Gasteiger partial charge < -0.3 is 11.1 Å². The second-order valence-electron chi connectivity index (χ2n) is 4.52. The van der Waals surface area contributed by atoms with Gasteiger partial charge in [0.1, 0.15) is 0 Å². The number of nitrogen functional groups attached to an aromatic ring is 1. The highest BCUT2D eigenvalue weighted by Gasteiger charge is 2.18. The fraction of sp³-hybridized carbons (Fsp3) is 0.231. The number of hydrogen-bond acceptors (Lipinski definition) is 3. The van der Waals surface area contributed by atoms with Crippen LogP contribution >= 0.6 is 22.6 Å². The Morgan fingerprint density at radius 1 is 1.47 bits per heavy atom. The zero-order chi connectivity index (χ0) is 14.0. The monoisotopic (exact) mass is 370 g/mol. The summed E-state index contributed by atoms with van der Waals surface area (Å²) < 4.78 is 1.05. The van der Waals surface area contributed by atoms with Crippen LogP contribution in [0.25, 0.3) is 0 Å². The normalized spacial score (nSPS) is 10.7.